The molecule has 0 aliphatic heterocycles. The summed E-state index contributed by atoms with van der Waals surface area (Å²) in [5.74, 6) is -3.25. The van der Waals surface area contributed by atoms with Gasteiger partial charge < -0.3 is 5.32 Å². The van der Waals surface area contributed by atoms with Gasteiger partial charge in [0.1, 0.15) is 5.82 Å². The van der Waals surface area contributed by atoms with Crippen LogP contribution in [0.3, 0.4) is 0 Å². The second-order valence-electron chi connectivity index (χ2n) is 3.82. The van der Waals surface area contributed by atoms with Gasteiger partial charge in [-0.25, -0.2) is 13.2 Å². The minimum absolute atomic E-state index is 0.0964. The van der Waals surface area contributed by atoms with Gasteiger partial charge in [0.25, 0.3) is 0 Å². The molecule has 0 bridgehead atoms. The minimum atomic E-state index is -1.25. The molecule has 0 atom stereocenters. The highest BCUT2D eigenvalue weighted by Crippen LogP contribution is 2.27. The quantitative estimate of drug-likeness (QED) is 0.785. The average molecular weight is 306 g/mol. The lowest BCUT2D eigenvalue weighted by Gasteiger charge is -2.10. The van der Waals surface area contributed by atoms with Gasteiger partial charge >= 0.3 is 0 Å². The largest absolute Gasteiger partial charge is 0.378 e. The van der Waals surface area contributed by atoms with Crippen molar-refractivity contribution in [3.05, 3.63) is 63.4 Å². The van der Waals surface area contributed by atoms with E-state index in [1.54, 1.807) is 18.2 Å². The van der Waals surface area contributed by atoms with Gasteiger partial charge in [-0.2, -0.15) is 0 Å². The lowest BCUT2D eigenvalue weighted by molar-refractivity contribution is 0.497. The summed E-state index contributed by atoms with van der Waals surface area (Å²) in [6, 6.07) is 6.31. The summed E-state index contributed by atoms with van der Waals surface area (Å²) in [4.78, 5) is 0. The van der Waals surface area contributed by atoms with E-state index in [4.69, 9.17) is 23.2 Å². The summed E-state index contributed by atoms with van der Waals surface area (Å²) in [5.41, 5.74) is 0.326. The fourth-order valence-electron chi connectivity index (χ4n) is 1.56. The molecule has 1 nitrogen and oxygen atoms in total. The summed E-state index contributed by atoms with van der Waals surface area (Å²) in [5, 5.41) is 3.25. The molecule has 0 radical (unpaired) electrons. The number of anilines is 1. The van der Waals surface area contributed by atoms with Crippen molar-refractivity contribution >= 4 is 28.9 Å². The molecule has 0 amide bonds. The van der Waals surface area contributed by atoms with E-state index in [9.17, 15) is 13.2 Å². The first kappa shape index (κ1) is 14.0. The van der Waals surface area contributed by atoms with Crippen molar-refractivity contribution in [2.24, 2.45) is 0 Å². The Morgan fingerprint density at radius 3 is 2.53 bits per heavy atom. The third-order valence-electron chi connectivity index (χ3n) is 2.49. The Hall–Kier alpha value is -1.39. The Morgan fingerprint density at radius 2 is 1.79 bits per heavy atom. The van der Waals surface area contributed by atoms with Crippen LogP contribution >= 0.6 is 23.2 Å². The van der Waals surface area contributed by atoms with Crippen LogP contribution in [-0.2, 0) is 6.54 Å². The van der Waals surface area contributed by atoms with Gasteiger partial charge in [-0.05, 0) is 11.6 Å². The summed E-state index contributed by atoms with van der Waals surface area (Å²) in [6.07, 6.45) is 0. The number of hydrogen-bond acceptors (Lipinski definition) is 1. The van der Waals surface area contributed by atoms with Gasteiger partial charge in [0.05, 0.1) is 15.7 Å². The highest BCUT2D eigenvalue weighted by Gasteiger charge is 2.11. The van der Waals surface area contributed by atoms with Crippen LogP contribution in [-0.4, -0.2) is 0 Å². The van der Waals surface area contributed by atoms with Gasteiger partial charge in [-0.3, -0.25) is 0 Å². The molecule has 0 spiro atoms. The van der Waals surface area contributed by atoms with Crippen LogP contribution < -0.4 is 5.32 Å². The van der Waals surface area contributed by atoms with Crippen LogP contribution in [0.2, 0.25) is 10.0 Å². The average Bonchev–Trinajstić information content (AvgIpc) is 2.36. The maximum absolute atomic E-state index is 13.4. The van der Waals surface area contributed by atoms with E-state index in [0.717, 1.165) is 6.07 Å². The third kappa shape index (κ3) is 3.14. The van der Waals surface area contributed by atoms with E-state index in [1.165, 1.54) is 0 Å². The van der Waals surface area contributed by atoms with Crippen LogP contribution in [0.1, 0.15) is 5.56 Å². The van der Waals surface area contributed by atoms with Gasteiger partial charge in [-0.15, -0.1) is 0 Å². The first-order valence-corrected chi connectivity index (χ1v) is 6.06. The molecule has 2 aromatic carbocycles. The zero-order valence-electron chi connectivity index (χ0n) is 9.48. The molecular formula is C13H8Cl2F3N. The predicted molar refractivity (Wildman–Crippen MR) is 70.1 cm³/mol. The van der Waals surface area contributed by atoms with Crippen molar-refractivity contribution < 1.29 is 13.2 Å². The number of nitrogens with one attached hydrogen (secondary N) is 1. The molecule has 1 N–H and O–H groups in total. The van der Waals surface area contributed by atoms with Crippen molar-refractivity contribution in [2.45, 2.75) is 6.54 Å². The van der Waals surface area contributed by atoms with Gasteiger partial charge in [0, 0.05) is 18.7 Å². The first-order chi connectivity index (χ1) is 8.99. The van der Waals surface area contributed by atoms with Crippen molar-refractivity contribution in [3.8, 4) is 0 Å². The van der Waals surface area contributed by atoms with Crippen LogP contribution in [0, 0.1) is 17.5 Å². The van der Waals surface area contributed by atoms with Crippen molar-refractivity contribution in [3.63, 3.8) is 0 Å². The highest BCUT2D eigenvalue weighted by molar-refractivity contribution is 6.42. The Morgan fingerprint density at radius 1 is 1.05 bits per heavy atom. The van der Waals surface area contributed by atoms with Crippen LogP contribution in [0.15, 0.2) is 30.3 Å². The monoisotopic (exact) mass is 305 g/mol. The Labute approximate surface area is 118 Å². The number of rotatable bonds is 3. The topological polar surface area (TPSA) is 12.0 Å². The molecule has 0 aliphatic rings. The maximum atomic E-state index is 13.4. The molecule has 100 valence electrons. The van der Waals surface area contributed by atoms with Gasteiger partial charge in [0.2, 0.25) is 0 Å². The van der Waals surface area contributed by atoms with E-state index >= 15 is 0 Å². The maximum Gasteiger partial charge on any atom is 0.182 e. The van der Waals surface area contributed by atoms with Crippen LogP contribution in [0.5, 0.6) is 0 Å². The molecule has 0 aliphatic carbocycles. The summed E-state index contributed by atoms with van der Waals surface area (Å²) >= 11 is 11.8. The standard InChI is InChI=1S/C13H8Cl2F3N/c14-9-3-1-2-7(12(9)15)6-19-11-5-8(16)4-10(17)13(11)18/h1-5,19H,6H2. The summed E-state index contributed by atoms with van der Waals surface area (Å²) in [7, 11) is 0. The fraction of sp³-hybridized carbons (Fsp3) is 0.0769. The van der Waals surface area contributed by atoms with E-state index in [1.807, 2.05) is 0 Å². The van der Waals surface area contributed by atoms with Crippen LogP contribution in [0.25, 0.3) is 0 Å². The Bertz CT molecular complexity index is 617. The van der Waals surface area contributed by atoms with Gasteiger partial charge in [-0.1, -0.05) is 35.3 Å². The number of hydrogen-bond donors (Lipinski definition) is 1. The van der Waals surface area contributed by atoms with Gasteiger partial charge in [0.15, 0.2) is 11.6 Å². The molecule has 2 rings (SSSR count). The molecule has 19 heavy (non-hydrogen) atoms. The number of halogens is 5. The van der Waals surface area contributed by atoms with E-state index < -0.39 is 17.5 Å². The second kappa shape index (κ2) is 5.72. The normalized spacial score (nSPS) is 10.6. The second-order valence-corrected chi connectivity index (χ2v) is 4.60. The molecule has 0 heterocycles. The molecule has 6 heteroatoms. The van der Waals surface area contributed by atoms with E-state index in [2.05, 4.69) is 5.32 Å². The summed E-state index contributed by atoms with van der Waals surface area (Å²) < 4.78 is 39.4. The van der Waals surface area contributed by atoms with Crippen molar-refractivity contribution in [1.82, 2.24) is 0 Å². The molecule has 2 aromatic rings. The Kier molecular flexibility index (Phi) is 4.22. The zero-order valence-corrected chi connectivity index (χ0v) is 11.0. The smallest absolute Gasteiger partial charge is 0.182 e. The van der Waals surface area contributed by atoms with Crippen LogP contribution in [0.4, 0.5) is 18.9 Å². The lowest BCUT2D eigenvalue weighted by atomic mass is 10.2. The van der Waals surface area contributed by atoms with E-state index in [0.29, 0.717) is 21.7 Å². The Balaban J connectivity index is 2.21. The van der Waals surface area contributed by atoms with E-state index in [-0.39, 0.29) is 12.2 Å². The summed E-state index contributed by atoms with van der Waals surface area (Å²) in [6.45, 7) is 0.0964. The number of benzene rings is 2. The van der Waals surface area contributed by atoms with Crippen molar-refractivity contribution in [2.75, 3.05) is 5.32 Å². The van der Waals surface area contributed by atoms with Crippen molar-refractivity contribution in [1.29, 1.82) is 0 Å². The predicted octanol–water partition coefficient (Wildman–Crippen LogP) is 5.02. The fourth-order valence-corrected chi connectivity index (χ4v) is 1.95. The third-order valence-corrected chi connectivity index (χ3v) is 3.35. The molecular weight excluding hydrogens is 298 g/mol. The highest BCUT2D eigenvalue weighted by atomic mass is 35.5. The first-order valence-electron chi connectivity index (χ1n) is 5.30. The SMILES string of the molecule is Fc1cc(F)c(F)c(NCc2cccc(Cl)c2Cl)c1. The lowest BCUT2D eigenvalue weighted by Crippen LogP contribution is -2.04. The minimum Gasteiger partial charge on any atom is -0.378 e. The molecule has 0 fully saturated rings. The zero-order chi connectivity index (χ0) is 14.0. The molecule has 0 aromatic heterocycles. The molecule has 0 unspecified atom stereocenters. The molecule has 0 saturated carbocycles. The molecule has 0 saturated heterocycles.